The molecule has 1 amide bonds. The highest BCUT2D eigenvalue weighted by Gasteiger charge is 2.33. The molecule has 6 heteroatoms. The monoisotopic (exact) mass is 235 g/mol. The molecule has 90 valence electrons. The van der Waals surface area contributed by atoms with Crippen molar-refractivity contribution >= 4 is 17.7 Å². The highest BCUT2D eigenvalue weighted by Crippen LogP contribution is 2.31. The first-order valence-electron chi connectivity index (χ1n) is 5.48. The Balaban J connectivity index is 1.92. The molecular formula is C11H13N3O3. The maximum atomic E-state index is 11.8. The van der Waals surface area contributed by atoms with E-state index in [0.29, 0.717) is 25.1 Å². The van der Waals surface area contributed by atoms with Crippen LogP contribution < -0.4 is 5.32 Å². The first-order chi connectivity index (χ1) is 8.16. The van der Waals surface area contributed by atoms with Crippen molar-refractivity contribution in [2.24, 2.45) is 11.8 Å². The van der Waals surface area contributed by atoms with E-state index in [2.05, 4.69) is 15.5 Å². The summed E-state index contributed by atoms with van der Waals surface area (Å²) in [4.78, 5) is 22.6. The number of aliphatic carboxylic acids is 1. The van der Waals surface area contributed by atoms with Crippen LogP contribution in [0.3, 0.4) is 0 Å². The number of amides is 1. The first-order valence-corrected chi connectivity index (χ1v) is 5.48. The summed E-state index contributed by atoms with van der Waals surface area (Å²) in [6.45, 7) is 0. The van der Waals surface area contributed by atoms with E-state index in [1.807, 2.05) is 0 Å². The molecule has 0 aromatic carbocycles. The lowest BCUT2D eigenvalue weighted by Gasteiger charge is -2.09. The smallest absolute Gasteiger partial charge is 0.306 e. The summed E-state index contributed by atoms with van der Waals surface area (Å²) < 4.78 is 0. The fourth-order valence-electron chi connectivity index (χ4n) is 2.04. The van der Waals surface area contributed by atoms with Gasteiger partial charge in [-0.2, -0.15) is 5.10 Å². The summed E-state index contributed by atoms with van der Waals surface area (Å²) in [6.07, 6.45) is 3.10. The molecule has 1 aliphatic carbocycles. The second-order valence-electron chi connectivity index (χ2n) is 4.14. The van der Waals surface area contributed by atoms with Crippen molar-refractivity contribution < 1.29 is 14.7 Å². The van der Waals surface area contributed by atoms with Crippen LogP contribution in [0.25, 0.3) is 0 Å². The molecule has 2 atom stereocenters. The second-order valence-corrected chi connectivity index (χ2v) is 4.14. The summed E-state index contributed by atoms with van der Waals surface area (Å²) in [5, 5.41) is 18.9. The first kappa shape index (κ1) is 11.5. The second kappa shape index (κ2) is 4.90. The van der Waals surface area contributed by atoms with E-state index >= 15 is 0 Å². The Hall–Kier alpha value is -1.98. The maximum absolute atomic E-state index is 11.8. The number of nitrogens with one attached hydrogen (secondary N) is 1. The minimum absolute atomic E-state index is 0.172. The minimum Gasteiger partial charge on any atom is -0.481 e. The Bertz CT molecular complexity index is 421. The van der Waals surface area contributed by atoms with Gasteiger partial charge in [-0.25, -0.2) is 0 Å². The fourth-order valence-corrected chi connectivity index (χ4v) is 2.04. The van der Waals surface area contributed by atoms with E-state index in [4.69, 9.17) is 5.11 Å². The molecule has 1 aromatic heterocycles. The zero-order chi connectivity index (χ0) is 12.3. The predicted molar refractivity (Wildman–Crippen MR) is 59.1 cm³/mol. The summed E-state index contributed by atoms with van der Waals surface area (Å²) in [7, 11) is 0. The third-order valence-electron chi connectivity index (χ3n) is 2.98. The number of hydrogen-bond acceptors (Lipinski definition) is 4. The van der Waals surface area contributed by atoms with Crippen molar-refractivity contribution in [3.8, 4) is 0 Å². The number of carboxylic acids is 1. The Kier molecular flexibility index (Phi) is 3.32. The summed E-state index contributed by atoms with van der Waals surface area (Å²) >= 11 is 0. The van der Waals surface area contributed by atoms with Crippen LogP contribution in [0, 0.1) is 11.8 Å². The van der Waals surface area contributed by atoms with Crippen molar-refractivity contribution in [3.05, 3.63) is 18.3 Å². The van der Waals surface area contributed by atoms with Gasteiger partial charge in [0.15, 0.2) is 5.82 Å². The van der Waals surface area contributed by atoms with E-state index in [0.717, 1.165) is 0 Å². The largest absolute Gasteiger partial charge is 0.481 e. The van der Waals surface area contributed by atoms with Crippen LogP contribution in [0.2, 0.25) is 0 Å². The standard InChI is InChI=1S/C11H13N3O3/c15-10(13-9-2-1-5-12-14-9)7-3-4-8(6-7)11(16)17/h1-2,5,7-8H,3-4,6H2,(H,16,17)(H,13,14,15)/t7-,8+/m1/s1. The predicted octanol–water partition coefficient (Wildman–Crippen LogP) is 0.916. The van der Waals surface area contributed by atoms with Gasteiger partial charge in [0.25, 0.3) is 0 Å². The highest BCUT2D eigenvalue weighted by molar-refractivity contribution is 5.92. The number of rotatable bonds is 3. The van der Waals surface area contributed by atoms with E-state index in [-0.39, 0.29) is 11.8 Å². The molecule has 0 saturated heterocycles. The van der Waals surface area contributed by atoms with Crippen molar-refractivity contribution in [2.75, 3.05) is 5.32 Å². The number of hydrogen-bond donors (Lipinski definition) is 2. The minimum atomic E-state index is -0.820. The number of carboxylic acid groups (broad SMARTS) is 1. The summed E-state index contributed by atoms with van der Waals surface area (Å²) in [5.74, 6) is -1.23. The van der Waals surface area contributed by atoms with Gasteiger partial charge in [-0.1, -0.05) is 0 Å². The van der Waals surface area contributed by atoms with E-state index in [1.54, 1.807) is 12.1 Å². The van der Waals surface area contributed by atoms with Gasteiger partial charge in [-0.15, -0.1) is 5.10 Å². The van der Waals surface area contributed by atoms with Crippen LogP contribution in [0.1, 0.15) is 19.3 Å². The van der Waals surface area contributed by atoms with Gasteiger partial charge in [0, 0.05) is 12.1 Å². The molecule has 2 N–H and O–H groups in total. The van der Waals surface area contributed by atoms with Crippen LogP contribution in [0.15, 0.2) is 18.3 Å². The molecule has 1 aliphatic rings. The van der Waals surface area contributed by atoms with Gasteiger partial charge in [0.2, 0.25) is 5.91 Å². The molecular weight excluding hydrogens is 222 g/mol. The van der Waals surface area contributed by atoms with E-state index in [1.165, 1.54) is 6.20 Å². The lowest BCUT2D eigenvalue weighted by Crippen LogP contribution is -2.22. The van der Waals surface area contributed by atoms with Crippen molar-refractivity contribution in [1.82, 2.24) is 10.2 Å². The Morgan fingerprint density at radius 2 is 2.12 bits per heavy atom. The number of aromatic nitrogens is 2. The van der Waals surface area contributed by atoms with Gasteiger partial charge in [0.05, 0.1) is 5.92 Å². The molecule has 2 rings (SSSR count). The van der Waals surface area contributed by atoms with Crippen LogP contribution in [0.5, 0.6) is 0 Å². The fraction of sp³-hybridized carbons (Fsp3) is 0.455. The quantitative estimate of drug-likeness (QED) is 0.812. The molecule has 1 aromatic rings. The van der Waals surface area contributed by atoms with Crippen LogP contribution >= 0.6 is 0 Å². The van der Waals surface area contributed by atoms with E-state index < -0.39 is 11.9 Å². The Morgan fingerprint density at radius 1 is 1.35 bits per heavy atom. The topological polar surface area (TPSA) is 92.2 Å². The molecule has 17 heavy (non-hydrogen) atoms. The average molecular weight is 235 g/mol. The van der Waals surface area contributed by atoms with Gasteiger partial charge < -0.3 is 10.4 Å². The number of carbonyl (C=O) groups excluding carboxylic acids is 1. The number of carbonyl (C=O) groups is 2. The zero-order valence-electron chi connectivity index (χ0n) is 9.17. The molecule has 6 nitrogen and oxygen atoms in total. The molecule has 0 aliphatic heterocycles. The highest BCUT2D eigenvalue weighted by atomic mass is 16.4. The van der Waals surface area contributed by atoms with Crippen molar-refractivity contribution in [1.29, 1.82) is 0 Å². The van der Waals surface area contributed by atoms with Gasteiger partial charge in [-0.05, 0) is 31.4 Å². The Labute approximate surface area is 98.1 Å². The molecule has 0 spiro atoms. The zero-order valence-corrected chi connectivity index (χ0v) is 9.17. The number of nitrogens with zero attached hydrogens (tertiary/aromatic N) is 2. The van der Waals surface area contributed by atoms with Crippen molar-refractivity contribution in [2.45, 2.75) is 19.3 Å². The SMILES string of the molecule is O=C(O)[C@H]1CC[C@@H](C(=O)Nc2cccnn2)C1. The van der Waals surface area contributed by atoms with Gasteiger partial charge >= 0.3 is 5.97 Å². The van der Waals surface area contributed by atoms with Crippen LogP contribution in [-0.4, -0.2) is 27.2 Å². The maximum Gasteiger partial charge on any atom is 0.306 e. The molecule has 0 radical (unpaired) electrons. The molecule has 0 unspecified atom stereocenters. The Morgan fingerprint density at radius 3 is 2.71 bits per heavy atom. The molecule has 1 saturated carbocycles. The lowest BCUT2D eigenvalue weighted by molar-refractivity contribution is -0.141. The lowest BCUT2D eigenvalue weighted by atomic mass is 10.0. The third kappa shape index (κ3) is 2.77. The third-order valence-corrected chi connectivity index (χ3v) is 2.98. The number of anilines is 1. The van der Waals surface area contributed by atoms with Crippen LogP contribution in [-0.2, 0) is 9.59 Å². The molecule has 1 heterocycles. The molecule has 0 bridgehead atoms. The van der Waals surface area contributed by atoms with Gasteiger partial charge in [0.1, 0.15) is 0 Å². The van der Waals surface area contributed by atoms with Gasteiger partial charge in [-0.3, -0.25) is 9.59 Å². The summed E-state index contributed by atoms with van der Waals surface area (Å²) in [5.41, 5.74) is 0. The molecule has 1 fully saturated rings. The van der Waals surface area contributed by atoms with Crippen LogP contribution in [0.4, 0.5) is 5.82 Å². The van der Waals surface area contributed by atoms with E-state index in [9.17, 15) is 9.59 Å². The van der Waals surface area contributed by atoms with Crippen molar-refractivity contribution in [3.63, 3.8) is 0 Å². The summed E-state index contributed by atoms with van der Waals surface area (Å²) in [6, 6.07) is 3.33. The normalized spacial score (nSPS) is 23.3. The average Bonchev–Trinajstić information content (AvgIpc) is 2.79.